The van der Waals surface area contributed by atoms with Gasteiger partial charge in [0.1, 0.15) is 6.61 Å². The third kappa shape index (κ3) is 3.28. The first-order valence-corrected chi connectivity index (χ1v) is 7.30. The molecule has 2 fully saturated rings. The summed E-state index contributed by atoms with van der Waals surface area (Å²) in [6.07, 6.45) is 5.93. The third-order valence-electron chi connectivity index (χ3n) is 4.10. The molecule has 1 saturated heterocycles. The van der Waals surface area contributed by atoms with Crippen LogP contribution in [0, 0.1) is 5.92 Å². The average Bonchev–Trinajstić information content (AvgIpc) is 3.19. The molecule has 0 N–H and O–H groups in total. The van der Waals surface area contributed by atoms with Gasteiger partial charge in [-0.15, -0.1) is 0 Å². The van der Waals surface area contributed by atoms with Gasteiger partial charge in [-0.2, -0.15) is 0 Å². The van der Waals surface area contributed by atoms with Gasteiger partial charge in [-0.1, -0.05) is 43.2 Å². The van der Waals surface area contributed by atoms with E-state index in [1.54, 1.807) is 0 Å². The number of benzene rings is 1. The number of ether oxygens (including phenoxy) is 1. The minimum atomic E-state index is -0.128. The summed E-state index contributed by atoms with van der Waals surface area (Å²) in [4.78, 5) is 13.7. The number of rotatable bonds is 6. The molecule has 0 radical (unpaired) electrons. The van der Waals surface area contributed by atoms with Gasteiger partial charge in [0.2, 0.25) is 0 Å². The maximum absolute atomic E-state index is 11.8. The molecule has 102 valence electrons. The van der Waals surface area contributed by atoms with Crippen LogP contribution in [0.1, 0.15) is 31.2 Å². The number of amides is 1. The topological polar surface area (TPSA) is 29.5 Å². The predicted molar refractivity (Wildman–Crippen MR) is 73.9 cm³/mol. The van der Waals surface area contributed by atoms with Crippen molar-refractivity contribution in [2.45, 2.75) is 38.1 Å². The molecule has 0 spiro atoms. The zero-order valence-electron chi connectivity index (χ0n) is 11.3. The number of nitrogens with zero attached hydrogens (tertiary/aromatic N) is 1. The van der Waals surface area contributed by atoms with Crippen molar-refractivity contribution in [1.29, 1.82) is 0 Å². The Labute approximate surface area is 114 Å². The summed E-state index contributed by atoms with van der Waals surface area (Å²) < 4.78 is 5.21. The molecule has 3 nitrogen and oxygen atoms in total. The smallest absolute Gasteiger partial charge is 0.410 e. The second-order valence-electron chi connectivity index (χ2n) is 5.70. The van der Waals surface area contributed by atoms with E-state index >= 15 is 0 Å². The largest absolute Gasteiger partial charge is 0.447 e. The van der Waals surface area contributed by atoms with Crippen molar-refractivity contribution < 1.29 is 9.53 Å². The van der Waals surface area contributed by atoms with Gasteiger partial charge >= 0.3 is 6.09 Å². The van der Waals surface area contributed by atoms with E-state index in [1.807, 2.05) is 23.1 Å². The molecule has 3 heteroatoms. The van der Waals surface area contributed by atoms with Crippen LogP contribution < -0.4 is 0 Å². The molecule has 1 atom stereocenters. The average molecular weight is 259 g/mol. The fourth-order valence-corrected chi connectivity index (χ4v) is 2.78. The van der Waals surface area contributed by atoms with Crippen LogP contribution in [0.15, 0.2) is 30.3 Å². The maximum atomic E-state index is 11.8. The molecule has 1 heterocycles. The molecule has 0 bridgehead atoms. The van der Waals surface area contributed by atoms with Crippen molar-refractivity contribution in [1.82, 2.24) is 4.90 Å². The van der Waals surface area contributed by atoms with Crippen LogP contribution in [0.2, 0.25) is 0 Å². The van der Waals surface area contributed by atoms with Gasteiger partial charge in [0.05, 0.1) is 6.04 Å². The molecule has 3 rings (SSSR count). The van der Waals surface area contributed by atoms with E-state index in [0.717, 1.165) is 25.3 Å². The van der Waals surface area contributed by atoms with Gasteiger partial charge in [-0.05, 0) is 30.7 Å². The normalized spacial score (nSPS) is 22.6. The molecule has 1 saturated carbocycles. The Kier molecular flexibility index (Phi) is 3.72. The summed E-state index contributed by atoms with van der Waals surface area (Å²) in [5.74, 6) is 0.936. The predicted octanol–water partition coefficient (Wildman–Crippen LogP) is 3.24. The van der Waals surface area contributed by atoms with Crippen molar-refractivity contribution in [3.8, 4) is 0 Å². The standard InChI is InChI=1S/C16H21NO2/c18-16-17(10-4-7-13-8-9-13)15(12-19-16)11-14-5-2-1-3-6-14/h1-3,5-6,13,15H,4,7-12H2/t15-/m1/s1. The van der Waals surface area contributed by atoms with Crippen LogP contribution >= 0.6 is 0 Å². The highest BCUT2D eigenvalue weighted by Crippen LogP contribution is 2.33. The van der Waals surface area contributed by atoms with E-state index in [-0.39, 0.29) is 12.1 Å². The first-order valence-electron chi connectivity index (χ1n) is 7.30. The van der Waals surface area contributed by atoms with Gasteiger partial charge in [0, 0.05) is 6.54 Å². The molecular weight excluding hydrogens is 238 g/mol. The Morgan fingerprint density at radius 3 is 2.74 bits per heavy atom. The van der Waals surface area contributed by atoms with Gasteiger partial charge in [0.25, 0.3) is 0 Å². The van der Waals surface area contributed by atoms with Crippen LogP contribution in [0.25, 0.3) is 0 Å². The van der Waals surface area contributed by atoms with Crippen LogP contribution in [0.3, 0.4) is 0 Å². The monoisotopic (exact) mass is 259 g/mol. The number of hydrogen-bond acceptors (Lipinski definition) is 2. The van der Waals surface area contributed by atoms with E-state index < -0.39 is 0 Å². The van der Waals surface area contributed by atoms with Crippen molar-refractivity contribution in [3.05, 3.63) is 35.9 Å². The Morgan fingerprint density at radius 1 is 1.21 bits per heavy atom. The third-order valence-corrected chi connectivity index (χ3v) is 4.10. The Balaban J connectivity index is 1.54. The molecule has 19 heavy (non-hydrogen) atoms. The number of carbonyl (C=O) groups excluding carboxylic acids is 1. The van der Waals surface area contributed by atoms with Crippen LogP contribution in [0.4, 0.5) is 4.79 Å². The number of cyclic esters (lactones) is 1. The molecule has 0 aromatic heterocycles. The van der Waals surface area contributed by atoms with Crippen molar-refractivity contribution in [2.24, 2.45) is 5.92 Å². The Bertz CT molecular complexity index is 428. The van der Waals surface area contributed by atoms with E-state index in [9.17, 15) is 4.79 Å². The lowest BCUT2D eigenvalue weighted by atomic mass is 10.1. The molecule has 0 unspecified atom stereocenters. The summed E-state index contributed by atoms with van der Waals surface area (Å²) in [5, 5.41) is 0. The first-order chi connectivity index (χ1) is 9.33. The highest BCUT2D eigenvalue weighted by molar-refractivity contribution is 5.70. The van der Waals surface area contributed by atoms with Crippen molar-refractivity contribution in [3.63, 3.8) is 0 Å². The zero-order valence-corrected chi connectivity index (χ0v) is 11.3. The molecule has 1 aliphatic carbocycles. The van der Waals surface area contributed by atoms with Gasteiger partial charge in [-0.3, -0.25) is 0 Å². The highest BCUT2D eigenvalue weighted by Gasteiger charge is 2.32. The van der Waals surface area contributed by atoms with Gasteiger partial charge < -0.3 is 9.64 Å². The number of carbonyl (C=O) groups is 1. The quantitative estimate of drug-likeness (QED) is 0.785. The fourth-order valence-electron chi connectivity index (χ4n) is 2.78. The Hall–Kier alpha value is -1.51. The molecule has 1 aliphatic heterocycles. The molecule has 1 amide bonds. The molecule has 1 aromatic carbocycles. The van der Waals surface area contributed by atoms with E-state index in [1.165, 1.54) is 24.8 Å². The summed E-state index contributed by atoms with van der Waals surface area (Å²) in [6.45, 7) is 1.39. The number of hydrogen-bond donors (Lipinski definition) is 0. The van der Waals surface area contributed by atoms with Crippen molar-refractivity contribution in [2.75, 3.05) is 13.2 Å². The summed E-state index contributed by atoms with van der Waals surface area (Å²) in [5.41, 5.74) is 1.28. The summed E-state index contributed by atoms with van der Waals surface area (Å²) in [6, 6.07) is 10.6. The van der Waals surface area contributed by atoms with E-state index in [4.69, 9.17) is 4.74 Å². The highest BCUT2D eigenvalue weighted by atomic mass is 16.6. The second kappa shape index (κ2) is 5.64. The lowest BCUT2D eigenvalue weighted by molar-refractivity contribution is 0.157. The van der Waals surface area contributed by atoms with E-state index in [0.29, 0.717) is 6.61 Å². The van der Waals surface area contributed by atoms with Crippen LogP contribution in [-0.4, -0.2) is 30.2 Å². The molecule has 1 aromatic rings. The fraction of sp³-hybridized carbons (Fsp3) is 0.562. The van der Waals surface area contributed by atoms with E-state index in [2.05, 4.69) is 12.1 Å². The lowest BCUT2D eigenvalue weighted by Crippen LogP contribution is -2.35. The van der Waals surface area contributed by atoms with Crippen LogP contribution in [0.5, 0.6) is 0 Å². The summed E-state index contributed by atoms with van der Waals surface area (Å²) >= 11 is 0. The SMILES string of the molecule is O=C1OC[C@@H](Cc2ccccc2)N1CCCC1CC1. The first kappa shape index (κ1) is 12.5. The van der Waals surface area contributed by atoms with Crippen LogP contribution in [-0.2, 0) is 11.2 Å². The second-order valence-corrected chi connectivity index (χ2v) is 5.70. The Morgan fingerprint density at radius 2 is 2.00 bits per heavy atom. The lowest BCUT2D eigenvalue weighted by Gasteiger charge is -2.21. The van der Waals surface area contributed by atoms with Gasteiger partial charge in [-0.25, -0.2) is 4.79 Å². The molecule has 2 aliphatic rings. The zero-order chi connectivity index (χ0) is 13.1. The maximum Gasteiger partial charge on any atom is 0.410 e. The minimum absolute atomic E-state index is 0.128. The van der Waals surface area contributed by atoms with Gasteiger partial charge in [0.15, 0.2) is 0 Å². The van der Waals surface area contributed by atoms with Crippen molar-refractivity contribution >= 4 is 6.09 Å². The minimum Gasteiger partial charge on any atom is -0.447 e. The molecular formula is C16H21NO2. The summed E-state index contributed by atoms with van der Waals surface area (Å²) in [7, 11) is 0.